The molecule has 0 aliphatic rings. The van der Waals surface area contributed by atoms with Crippen LogP contribution in [-0.4, -0.2) is 16.1 Å². The molecule has 0 atom stereocenters. The number of ether oxygens (including phenoxy) is 1. The molecule has 0 spiro atoms. The van der Waals surface area contributed by atoms with Crippen LogP contribution >= 0.6 is 0 Å². The van der Waals surface area contributed by atoms with Crippen LogP contribution in [0.1, 0.15) is 32.9 Å². The summed E-state index contributed by atoms with van der Waals surface area (Å²) in [7, 11) is 0. The van der Waals surface area contributed by atoms with Crippen LogP contribution in [0.25, 0.3) is 0 Å². The third kappa shape index (κ3) is 3.00. The van der Waals surface area contributed by atoms with Crippen molar-refractivity contribution in [1.82, 2.24) is 4.98 Å². The van der Waals surface area contributed by atoms with Crippen LogP contribution in [0.2, 0.25) is 0 Å². The number of rotatable bonds is 3. The second-order valence-corrected chi connectivity index (χ2v) is 4.72. The van der Waals surface area contributed by atoms with Gasteiger partial charge in [0.2, 0.25) is 0 Å². The van der Waals surface area contributed by atoms with Gasteiger partial charge in [-0.2, -0.15) is 5.26 Å². The summed E-state index contributed by atoms with van der Waals surface area (Å²) in [5.74, 6) is -0.230. The number of hydrogen-bond donors (Lipinski definition) is 1. The largest absolute Gasteiger partial charge is 0.478 e. The van der Waals surface area contributed by atoms with Crippen molar-refractivity contribution in [3.63, 3.8) is 0 Å². The molecule has 106 valence electrons. The zero-order valence-corrected chi connectivity index (χ0v) is 12.0. The van der Waals surface area contributed by atoms with E-state index in [2.05, 4.69) is 11.1 Å². The summed E-state index contributed by atoms with van der Waals surface area (Å²) in [5, 5.41) is 18.3. The van der Waals surface area contributed by atoms with Crippen LogP contribution in [-0.2, 0) is 0 Å². The predicted molar refractivity (Wildman–Crippen MR) is 76.6 cm³/mol. The fourth-order valence-electron chi connectivity index (χ4n) is 1.97. The molecular weight excluding hydrogens is 268 g/mol. The van der Waals surface area contributed by atoms with E-state index in [-0.39, 0.29) is 5.56 Å². The number of hydrogen-bond acceptors (Lipinski definition) is 4. The van der Waals surface area contributed by atoms with Gasteiger partial charge in [-0.25, -0.2) is 4.79 Å². The second kappa shape index (κ2) is 5.63. The number of carboxylic acids is 1. The first-order chi connectivity index (χ1) is 9.92. The smallest absolute Gasteiger partial charge is 0.335 e. The van der Waals surface area contributed by atoms with Gasteiger partial charge in [-0.3, -0.25) is 4.98 Å². The van der Waals surface area contributed by atoms with Crippen molar-refractivity contribution in [2.24, 2.45) is 0 Å². The van der Waals surface area contributed by atoms with Crippen molar-refractivity contribution in [3.05, 3.63) is 52.3 Å². The van der Waals surface area contributed by atoms with Crippen LogP contribution in [0.3, 0.4) is 0 Å². The third-order valence-corrected chi connectivity index (χ3v) is 3.06. The Balaban J connectivity index is 2.50. The van der Waals surface area contributed by atoms with E-state index in [1.165, 1.54) is 12.1 Å². The predicted octanol–water partition coefficient (Wildman–Crippen LogP) is 3.37. The molecule has 0 bridgehead atoms. The third-order valence-electron chi connectivity index (χ3n) is 3.06. The van der Waals surface area contributed by atoms with Crippen molar-refractivity contribution >= 4 is 5.97 Å². The Morgan fingerprint density at radius 3 is 2.57 bits per heavy atom. The van der Waals surface area contributed by atoms with E-state index in [1.807, 2.05) is 13.8 Å². The molecule has 0 amide bonds. The van der Waals surface area contributed by atoms with Gasteiger partial charge in [0.15, 0.2) is 0 Å². The van der Waals surface area contributed by atoms with E-state index in [9.17, 15) is 10.1 Å². The molecule has 0 saturated heterocycles. The highest BCUT2D eigenvalue weighted by Gasteiger charge is 2.13. The molecule has 1 aromatic heterocycles. The van der Waals surface area contributed by atoms with E-state index in [0.29, 0.717) is 22.8 Å². The summed E-state index contributed by atoms with van der Waals surface area (Å²) in [5.41, 5.74) is 2.58. The molecule has 0 aliphatic heterocycles. The average molecular weight is 282 g/mol. The van der Waals surface area contributed by atoms with Crippen LogP contribution < -0.4 is 4.74 Å². The molecule has 0 fully saturated rings. The van der Waals surface area contributed by atoms with E-state index >= 15 is 0 Å². The highest BCUT2D eigenvalue weighted by atomic mass is 16.5. The number of aromatic carboxylic acids is 1. The highest BCUT2D eigenvalue weighted by Crippen LogP contribution is 2.30. The van der Waals surface area contributed by atoms with Crippen LogP contribution in [0, 0.1) is 32.1 Å². The molecule has 2 rings (SSSR count). The lowest BCUT2D eigenvalue weighted by Gasteiger charge is -2.12. The van der Waals surface area contributed by atoms with E-state index in [1.54, 1.807) is 19.1 Å². The van der Waals surface area contributed by atoms with Gasteiger partial charge in [0, 0.05) is 11.8 Å². The number of carbonyl (C=O) groups is 1. The molecule has 1 heterocycles. The lowest BCUT2D eigenvalue weighted by Crippen LogP contribution is -2.00. The molecule has 0 radical (unpaired) electrons. The van der Waals surface area contributed by atoms with Crippen molar-refractivity contribution < 1.29 is 14.6 Å². The number of pyridine rings is 1. The minimum atomic E-state index is -1.03. The minimum Gasteiger partial charge on any atom is -0.478 e. The Bertz CT molecular complexity index is 761. The zero-order chi connectivity index (χ0) is 15.6. The van der Waals surface area contributed by atoms with Crippen molar-refractivity contribution in [1.29, 1.82) is 5.26 Å². The van der Waals surface area contributed by atoms with Crippen LogP contribution in [0.4, 0.5) is 0 Å². The van der Waals surface area contributed by atoms with Crippen LogP contribution in [0.15, 0.2) is 24.3 Å². The Morgan fingerprint density at radius 2 is 1.95 bits per heavy atom. The first kappa shape index (κ1) is 14.5. The van der Waals surface area contributed by atoms with E-state index in [4.69, 9.17) is 9.84 Å². The van der Waals surface area contributed by atoms with Gasteiger partial charge in [0.1, 0.15) is 23.1 Å². The topological polar surface area (TPSA) is 83.2 Å². The van der Waals surface area contributed by atoms with E-state index in [0.717, 1.165) is 11.3 Å². The second-order valence-electron chi connectivity index (χ2n) is 4.72. The number of nitriles is 1. The minimum absolute atomic E-state index is 0.136. The standard InChI is InChI=1S/C16H14N2O3/c1-9-4-5-12(16(19)20)7-14(9)21-15-6-10(2)18-11(3)13(15)8-17/h4-7H,1-3H3,(H,19,20). The first-order valence-corrected chi connectivity index (χ1v) is 6.32. The normalized spacial score (nSPS) is 10.0. The molecule has 2 aromatic rings. The Kier molecular flexibility index (Phi) is 3.90. The van der Waals surface area contributed by atoms with Gasteiger partial charge in [-0.05, 0) is 38.5 Å². The maximum Gasteiger partial charge on any atom is 0.335 e. The summed E-state index contributed by atoms with van der Waals surface area (Å²) < 4.78 is 5.76. The van der Waals surface area contributed by atoms with Crippen molar-refractivity contribution in [2.75, 3.05) is 0 Å². The maximum atomic E-state index is 11.0. The number of nitrogens with zero attached hydrogens (tertiary/aromatic N) is 2. The molecule has 0 saturated carbocycles. The zero-order valence-electron chi connectivity index (χ0n) is 12.0. The monoisotopic (exact) mass is 282 g/mol. The summed E-state index contributed by atoms with van der Waals surface area (Å²) >= 11 is 0. The Labute approximate surface area is 122 Å². The van der Waals surface area contributed by atoms with Crippen molar-refractivity contribution in [3.8, 4) is 17.6 Å². The molecule has 1 N–H and O–H groups in total. The summed E-state index contributed by atoms with van der Waals surface area (Å²) in [6.07, 6.45) is 0. The molecule has 0 unspecified atom stereocenters. The molecule has 0 aliphatic carbocycles. The molecule has 5 nitrogen and oxygen atoms in total. The SMILES string of the molecule is Cc1cc(Oc2cc(C(=O)O)ccc2C)c(C#N)c(C)n1. The average Bonchev–Trinajstić information content (AvgIpc) is 2.40. The van der Waals surface area contributed by atoms with Gasteiger partial charge in [0.05, 0.1) is 11.3 Å². The molecule has 21 heavy (non-hydrogen) atoms. The van der Waals surface area contributed by atoms with Gasteiger partial charge in [0.25, 0.3) is 0 Å². The summed E-state index contributed by atoms with van der Waals surface area (Å²) in [6.45, 7) is 5.36. The fourth-order valence-corrected chi connectivity index (χ4v) is 1.97. The number of benzene rings is 1. The molecular formula is C16H14N2O3. The van der Waals surface area contributed by atoms with Crippen molar-refractivity contribution in [2.45, 2.75) is 20.8 Å². The fraction of sp³-hybridized carbons (Fsp3) is 0.188. The number of aryl methyl sites for hydroxylation is 3. The Morgan fingerprint density at radius 1 is 1.24 bits per heavy atom. The van der Waals surface area contributed by atoms with Crippen LogP contribution in [0.5, 0.6) is 11.5 Å². The molecule has 1 aromatic carbocycles. The summed E-state index contributed by atoms with van der Waals surface area (Å²) in [6, 6.07) is 8.36. The Hall–Kier alpha value is -2.87. The van der Waals surface area contributed by atoms with E-state index < -0.39 is 5.97 Å². The van der Waals surface area contributed by atoms with Gasteiger partial charge >= 0.3 is 5.97 Å². The number of aromatic nitrogens is 1. The van der Waals surface area contributed by atoms with Gasteiger partial charge in [-0.1, -0.05) is 6.07 Å². The first-order valence-electron chi connectivity index (χ1n) is 6.32. The quantitative estimate of drug-likeness (QED) is 0.933. The lowest BCUT2D eigenvalue weighted by molar-refractivity contribution is 0.0696. The van der Waals surface area contributed by atoms with Gasteiger partial charge in [-0.15, -0.1) is 0 Å². The number of carboxylic acid groups (broad SMARTS) is 1. The summed E-state index contributed by atoms with van der Waals surface area (Å²) in [4.78, 5) is 15.2. The lowest BCUT2D eigenvalue weighted by atomic mass is 10.1. The maximum absolute atomic E-state index is 11.0. The highest BCUT2D eigenvalue weighted by molar-refractivity contribution is 5.88. The molecule has 5 heteroatoms. The van der Waals surface area contributed by atoms with Gasteiger partial charge < -0.3 is 9.84 Å².